The Morgan fingerprint density at radius 3 is 2.53 bits per heavy atom. The SMILES string of the molecule is CCNc1nc(C)nc(-c2ccccc2)c1Br. The van der Waals surface area contributed by atoms with Crippen molar-refractivity contribution in [3.8, 4) is 11.3 Å². The van der Waals surface area contributed by atoms with Crippen molar-refractivity contribution in [2.24, 2.45) is 0 Å². The zero-order chi connectivity index (χ0) is 12.3. The molecule has 0 atom stereocenters. The fraction of sp³-hybridized carbons (Fsp3) is 0.231. The summed E-state index contributed by atoms with van der Waals surface area (Å²) in [7, 11) is 0. The summed E-state index contributed by atoms with van der Waals surface area (Å²) in [4.78, 5) is 8.87. The molecule has 0 aliphatic carbocycles. The molecule has 0 saturated carbocycles. The minimum absolute atomic E-state index is 0.767. The Labute approximate surface area is 109 Å². The molecular formula is C13H14BrN3. The smallest absolute Gasteiger partial charge is 0.144 e. The third-order valence-electron chi connectivity index (χ3n) is 2.35. The summed E-state index contributed by atoms with van der Waals surface area (Å²) in [6.07, 6.45) is 0. The maximum absolute atomic E-state index is 4.49. The van der Waals surface area contributed by atoms with Gasteiger partial charge in [0.25, 0.3) is 0 Å². The molecule has 4 heteroatoms. The van der Waals surface area contributed by atoms with Gasteiger partial charge in [-0.15, -0.1) is 0 Å². The fourth-order valence-electron chi connectivity index (χ4n) is 1.63. The summed E-state index contributed by atoms with van der Waals surface area (Å²) < 4.78 is 0.913. The van der Waals surface area contributed by atoms with Crippen LogP contribution in [0.2, 0.25) is 0 Å². The molecule has 1 N–H and O–H groups in total. The summed E-state index contributed by atoms with van der Waals surface area (Å²) in [6.45, 7) is 4.79. The van der Waals surface area contributed by atoms with Crippen molar-refractivity contribution in [1.82, 2.24) is 9.97 Å². The van der Waals surface area contributed by atoms with Crippen LogP contribution in [0.5, 0.6) is 0 Å². The number of hydrogen-bond donors (Lipinski definition) is 1. The van der Waals surface area contributed by atoms with E-state index in [0.717, 1.165) is 33.9 Å². The van der Waals surface area contributed by atoms with Gasteiger partial charge in [0.15, 0.2) is 0 Å². The van der Waals surface area contributed by atoms with E-state index in [9.17, 15) is 0 Å². The monoisotopic (exact) mass is 291 g/mol. The highest BCUT2D eigenvalue weighted by Crippen LogP contribution is 2.31. The number of nitrogens with one attached hydrogen (secondary N) is 1. The lowest BCUT2D eigenvalue weighted by atomic mass is 10.1. The molecule has 0 aliphatic heterocycles. The lowest BCUT2D eigenvalue weighted by Gasteiger charge is -2.10. The van der Waals surface area contributed by atoms with E-state index in [0.29, 0.717) is 0 Å². The van der Waals surface area contributed by atoms with Crippen molar-refractivity contribution >= 4 is 21.7 Å². The Morgan fingerprint density at radius 2 is 1.88 bits per heavy atom. The lowest BCUT2D eigenvalue weighted by Crippen LogP contribution is -2.04. The Hall–Kier alpha value is -1.42. The molecule has 0 radical (unpaired) electrons. The Kier molecular flexibility index (Phi) is 3.74. The number of aryl methyl sites for hydroxylation is 1. The Morgan fingerprint density at radius 1 is 1.18 bits per heavy atom. The first-order valence-corrected chi connectivity index (χ1v) is 6.35. The highest BCUT2D eigenvalue weighted by Gasteiger charge is 2.11. The molecule has 0 bridgehead atoms. The van der Waals surface area contributed by atoms with Crippen molar-refractivity contribution in [2.45, 2.75) is 13.8 Å². The number of hydrogen-bond acceptors (Lipinski definition) is 3. The van der Waals surface area contributed by atoms with Gasteiger partial charge in [0.2, 0.25) is 0 Å². The van der Waals surface area contributed by atoms with Gasteiger partial charge in [-0.1, -0.05) is 30.3 Å². The summed E-state index contributed by atoms with van der Waals surface area (Å²) >= 11 is 3.57. The minimum Gasteiger partial charge on any atom is -0.369 e. The molecule has 0 aliphatic rings. The van der Waals surface area contributed by atoms with Gasteiger partial charge >= 0.3 is 0 Å². The molecule has 0 amide bonds. The molecule has 2 aromatic rings. The number of aromatic nitrogens is 2. The predicted molar refractivity (Wildman–Crippen MR) is 74.1 cm³/mol. The van der Waals surface area contributed by atoms with Gasteiger partial charge in [-0.3, -0.25) is 0 Å². The van der Waals surface area contributed by atoms with E-state index < -0.39 is 0 Å². The number of rotatable bonds is 3. The zero-order valence-electron chi connectivity index (χ0n) is 9.87. The summed E-state index contributed by atoms with van der Waals surface area (Å²) in [5, 5.41) is 3.23. The van der Waals surface area contributed by atoms with Crippen LogP contribution in [-0.4, -0.2) is 16.5 Å². The zero-order valence-corrected chi connectivity index (χ0v) is 11.5. The number of nitrogens with zero attached hydrogens (tertiary/aromatic N) is 2. The van der Waals surface area contributed by atoms with Gasteiger partial charge in [0.1, 0.15) is 11.6 Å². The Bertz CT molecular complexity index is 512. The predicted octanol–water partition coefficient (Wildman–Crippen LogP) is 3.65. The van der Waals surface area contributed by atoms with Crippen molar-refractivity contribution in [3.05, 3.63) is 40.6 Å². The molecule has 1 heterocycles. The molecule has 0 saturated heterocycles. The molecule has 3 nitrogen and oxygen atoms in total. The molecule has 0 fully saturated rings. The van der Waals surface area contributed by atoms with Crippen LogP contribution in [0.15, 0.2) is 34.8 Å². The largest absolute Gasteiger partial charge is 0.369 e. The normalized spacial score (nSPS) is 10.3. The average Bonchev–Trinajstić information content (AvgIpc) is 2.35. The maximum Gasteiger partial charge on any atom is 0.144 e. The van der Waals surface area contributed by atoms with Crippen LogP contribution in [0.3, 0.4) is 0 Å². The van der Waals surface area contributed by atoms with Gasteiger partial charge in [0.05, 0.1) is 10.2 Å². The fourth-order valence-corrected chi connectivity index (χ4v) is 2.18. The van der Waals surface area contributed by atoms with E-state index in [1.165, 1.54) is 0 Å². The second-order valence-electron chi connectivity index (χ2n) is 3.68. The van der Waals surface area contributed by atoms with Crippen molar-refractivity contribution in [2.75, 3.05) is 11.9 Å². The van der Waals surface area contributed by atoms with E-state index in [1.807, 2.05) is 44.2 Å². The van der Waals surface area contributed by atoms with Crippen molar-refractivity contribution < 1.29 is 0 Å². The molecule has 1 aromatic carbocycles. The van der Waals surface area contributed by atoms with Crippen LogP contribution in [-0.2, 0) is 0 Å². The summed E-state index contributed by atoms with van der Waals surface area (Å²) in [6, 6.07) is 10.1. The van der Waals surface area contributed by atoms with Crippen LogP contribution < -0.4 is 5.32 Å². The Balaban J connectivity index is 2.54. The van der Waals surface area contributed by atoms with Gasteiger partial charge < -0.3 is 5.32 Å². The molecule has 88 valence electrons. The van der Waals surface area contributed by atoms with Gasteiger partial charge in [0, 0.05) is 12.1 Å². The average molecular weight is 292 g/mol. The third-order valence-corrected chi connectivity index (χ3v) is 3.11. The van der Waals surface area contributed by atoms with Gasteiger partial charge in [-0.25, -0.2) is 9.97 Å². The van der Waals surface area contributed by atoms with E-state index in [2.05, 4.69) is 31.2 Å². The van der Waals surface area contributed by atoms with Crippen LogP contribution in [0, 0.1) is 6.92 Å². The van der Waals surface area contributed by atoms with Crippen molar-refractivity contribution in [1.29, 1.82) is 0 Å². The highest BCUT2D eigenvalue weighted by molar-refractivity contribution is 9.10. The number of anilines is 1. The van der Waals surface area contributed by atoms with E-state index in [1.54, 1.807) is 0 Å². The van der Waals surface area contributed by atoms with E-state index in [-0.39, 0.29) is 0 Å². The van der Waals surface area contributed by atoms with Crippen LogP contribution in [0.1, 0.15) is 12.7 Å². The highest BCUT2D eigenvalue weighted by atomic mass is 79.9. The third kappa shape index (κ3) is 2.64. The van der Waals surface area contributed by atoms with Gasteiger partial charge in [-0.05, 0) is 29.8 Å². The van der Waals surface area contributed by atoms with Crippen LogP contribution in [0.4, 0.5) is 5.82 Å². The standard InChI is InChI=1S/C13H14BrN3/c1-3-15-13-11(14)12(16-9(2)17-13)10-7-5-4-6-8-10/h4-8H,3H2,1-2H3,(H,15,16,17). The molecule has 0 unspecified atom stereocenters. The van der Waals surface area contributed by atoms with Crippen molar-refractivity contribution in [3.63, 3.8) is 0 Å². The molecular weight excluding hydrogens is 278 g/mol. The molecule has 17 heavy (non-hydrogen) atoms. The molecule has 0 spiro atoms. The van der Waals surface area contributed by atoms with Crippen LogP contribution in [0.25, 0.3) is 11.3 Å². The maximum atomic E-state index is 4.49. The van der Waals surface area contributed by atoms with E-state index >= 15 is 0 Å². The lowest BCUT2D eigenvalue weighted by molar-refractivity contribution is 1.03. The molecule has 1 aromatic heterocycles. The summed E-state index contributed by atoms with van der Waals surface area (Å²) in [5.41, 5.74) is 2.01. The molecule has 2 rings (SSSR count). The minimum atomic E-state index is 0.767. The number of benzene rings is 1. The summed E-state index contributed by atoms with van der Waals surface area (Å²) in [5.74, 6) is 1.61. The second kappa shape index (κ2) is 5.27. The van der Waals surface area contributed by atoms with Crippen LogP contribution >= 0.6 is 15.9 Å². The quantitative estimate of drug-likeness (QED) is 0.938. The van der Waals surface area contributed by atoms with E-state index in [4.69, 9.17) is 0 Å². The van der Waals surface area contributed by atoms with Gasteiger partial charge in [-0.2, -0.15) is 0 Å². The second-order valence-corrected chi connectivity index (χ2v) is 4.47. The first-order chi connectivity index (χ1) is 8.22. The topological polar surface area (TPSA) is 37.8 Å². The number of halogens is 1. The first-order valence-electron chi connectivity index (χ1n) is 5.55. The first kappa shape index (κ1) is 12.0.